The molecule has 0 bridgehead atoms. The number of carbonyl (C=O) groups excluding carboxylic acids is 1. The fourth-order valence-corrected chi connectivity index (χ4v) is 4.04. The van der Waals surface area contributed by atoms with Crippen molar-refractivity contribution in [2.45, 2.75) is 43.5 Å². The minimum Gasteiger partial charge on any atom is -0.347 e. The van der Waals surface area contributed by atoms with Crippen LogP contribution in [0.25, 0.3) is 0 Å². The van der Waals surface area contributed by atoms with Gasteiger partial charge in [-0.05, 0) is 18.4 Å². The number of nitrogens with zero attached hydrogens (tertiary/aromatic N) is 3. The van der Waals surface area contributed by atoms with Crippen LogP contribution in [0.4, 0.5) is 0 Å². The molecule has 1 aromatic carbocycles. The highest BCUT2D eigenvalue weighted by atomic mass is 32.2. The highest BCUT2D eigenvalue weighted by Gasteiger charge is 2.19. The molecule has 2 aromatic rings. The van der Waals surface area contributed by atoms with E-state index in [0.29, 0.717) is 17.5 Å². The molecular weight excluding hydrogens is 308 g/mol. The summed E-state index contributed by atoms with van der Waals surface area (Å²) in [7, 11) is 0. The topological polar surface area (TPSA) is 59.8 Å². The van der Waals surface area contributed by atoms with Crippen LogP contribution in [0.1, 0.15) is 37.3 Å². The van der Waals surface area contributed by atoms with Crippen LogP contribution in [0, 0.1) is 0 Å². The standard InChI is InChI=1S/C17H22N4OS/c22-17(13-23-15-8-4-5-9-15)20-16(12-21-18-10-11-19-21)14-6-2-1-3-7-14/h1-3,6-7,10-11,15-16H,4-5,8-9,12-13H2,(H,20,22). The van der Waals surface area contributed by atoms with Crippen LogP contribution in [0.3, 0.4) is 0 Å². The van der Waals surface area contributed by atoms with Gasteiger partial charge in [-0.3, -0.25) is 4.79 Å². The number of amides is 1. The predicted octanol–water partition coefficient (Wildman–Crippen LogP) is 2.81. The van der Waals surface area contributed by atoms with Gasteiger partial charge in [0.15, 0.2) is 0 Å². The van der Waals surface area contributed by atoms with Gasteiger partial charge in [-0.2, -0.15) is 15.0 Å². The van der Waals surface area contributed by atoms with E-state index in [4.69, 9.17) is 0 Å². The lowest BCUT2D eigenvalue weighted by Crippen LogP contribution is -2.33. The van der Waals surface area contributed by atoms with Crippen molar-refractivity contribution in [2.75, 3.05) is 5.75 Å². The van der Waals surface area contributed by atoms with Crippen LogP contribution in [-0.4, -0.2) is 31.9 Å². The van der Waals surface area contributed by atoms with E-state index in [-0.39, 0.29) is 11.9 Å². The van der Waals surface area contributed by atoms with Gasteiger partial charge in [0.25, 0.3) is 0 Å². The number of nitrogens with one attached hydrogen (secondary N) is 1. The third kappa shape index (κ3) is 4.82. The summed E-state index contributed by atoms with van der Waals surface area (Å²) in [6, 6.07) is 9.89. The third-order valence-electron chi connectivity index (χ3n) is 4.10. The second kappa shape index (κ2) is 8.15. The maximum atomic E-state index is 12.3. The van der Waals surface area contributed by atoms with Gasteiger partial charge in [-0.1, -0.05) is 43.2 Å². The van der Waals surface area contributed by atoms with Crippen molar-refractivity contribution in [1.29, 1.82) is 0 Å². The molecule has 1 amide bonds. The van der Waals surface area contributed by atoms with Crippen molar-refractivity contribution in [3.05, 3.63) is 48.3 Å². The van der Waals surface area contributed by atoms with Crippen LogP contribution in [0.5, 0.6) is 0 Å². The Morgan fingerprint density at radius 3 is 2.61 bits per heavy atom. The third-order valence-corrected chi connectivity index (χ3v) is 5.47. The van der Waals surface area contributed by atoms with Crippen molar-refractivity contribution in [2.24, 2.45) is 0 Å². The van der Waals surface area contributed by atoms with E-state index in [2.05, 4.69) is 15.5 Å². The number of aromatic nitrogens is 3. The Kier molecular flexibility index (Phi) is 5.69. The fraction of sp³-hybridized carbons (Fsp3) is 0.471. The van der Waals surface area contributed by atoms with Gasteiger partial charge in [-0.25, -0.2) is 0 Å². The van der Waals surface area contributed by atoms with Crippen molar-refractivity contribution >= 4 is 17.7 Å². The van der Waals surface area contributed by atoms with Gasteiger partial charge in [0, 0.05) is 5.25 Å². The summed E-state index contributed by atoms with van der Waals surface area (Å²) in [6.07, 6.45) is 8.40. The first kappa shape index (κ1) is 16.1. The molecule has 0 spiro atoms. The molecule has 6 heteroatoms. The van der Waals surface area contributed by atoms with E-state index in [1.807, 2.05) is 30.3 Å². The molecule has 1 fully saturated rings. The molecule has 1 aromatic heterocycles. The van der Waals surface area contributed by atoms with Crippen molar-refractivity contribution in [1.82, 2.24) is 20.3 Å². The monoisotopic (exact) mass is 330 g/mol. The molecule has 5 nitrogen and oxygen atoms in total. The molecule has 1 atom stereocenters. The van der Waals surface area contributed by atoms with E-state index in [9.17, 15) is 4.79 Å². The first-order valence-electron chi connectivity index (χ1n) is 8.11. The molecule has 1 unspecified atom stereocenters. The quantitative estimate of drug-likeness (QED) is 0.848. The van der Waals surface area contributed by atoms with E-state index in [1.165, 1.54) is 25.7 Å². The number of rotatable bonds is 7. The zero-order chi connectivity index (χ0) is 15.9. The number of hydrogen-bond acceptors (Lipinski definition) is 4. The summed E-state index contributed by atoms with van der Waals surface area (Å²) in [5.41, 5.74) is 1.07. The van der Waals surface area contributed by atoms with Crippen LogP contribution in [0.2, 0.25) is 0 Å². The van der Waals surface area contributed by atoms with Crippen molar-refractivity contribution in [3.8, 4) is 0 Å². The second-order valence-corrected chi connectivity index (χ2v) is 7.12. The second-order valence-electron chi connectivity index (χ2n) is 5.83. The summed E-state index contributed by atoms with van der Waals surface area (Å²) in [6.45, 7) is 0.539. The number of hydrogen-bond donors (Lipinski definition) is 1. The largest absolute Gasteiger partial charge is 0.347 e. The van der Waals surface area contributed by atoms with Gasteiger partial charge < -0.3 is 5.32 Å². The molecule has 23 heavy (non-hydrogen) atoms. The van der Waals surface area contributed by atoms with Crippen LogP contribution >= 0.6 is 11.8 Å². The molecule has 3 rings (SSSR count). The Balaban J connectivity index is 1.59. The van der Waals surface area contributed by atoms with Gasteiger partial charge in [0.2, 0.25) is 5.91 Å². The molecular formula is C17H22N4OS. The number of benzene rings is 1. The minimum absolute atomic E-state index is 0.0860. The van der Waals surface area contributed by atoms with Crippen LogP contribution < -0.4 is 5.32 Å². The Morgan fingerprint density at radius 2 is 1.91 bits per heavy atom. The molecule has 1 saturated carbocycles. The lowest BCUT2D eigenvalue weighted by atomic mass is 10.1. The Bertz CT molecular complexity index is 596. The van der Waals surface area contributed by atoms with Gasteiger partial charge in [0.05, 0.1) is 30.7 Å². The zero-order valence-electron chi connectivity index (χ0n) is 13.1. The number of thioether (sulfide) groups is 1. The van der Waals surface area contributed by atoms with Gasteiger partial charge >= 0.3 is 0 Å². The van der Waals surface area contributed by atoms with Crippen molar-refractivity contribution in [3.63, 3.8) is 0 Å². The molecule has 1 aliphatic rings. The normalized spacial score (nSPS) is 16.3. The first-order valence-corrected chi connectivity index (χ1v) is 9.16. The van der Waals surface area contributed by atoms with E-state index < -0.39 is 0 Å². The summed E-state index contributed by atoms with van der Waals surface area (Å²) >= 11 is 1.79. The SMILES string of the molecule is O=C(CSC1CCCC1)NC(Cn1nccn1)c1ccccc1. The molecule has 1 heterocycles. The highest BCUT2D eigenvalue weighted by Crippen LogP contribution is 2.29. The Morgan fingerprint density at radius 1 is 1.22 bits per heavy atom. The van der Waals surface area contributed by atoms with Crippen molar-refractivity contribution < 1.29 is 4.79 Å². The van der Waals surface area contributed by atoms with E-state index >= 15 is 0 Å². The minimum atomic E-state index is -0.111. The average Bonchev–Trinajstić information content (AvgIpc) is 3.27. The number of carbonyl (C=O) groups is 1. The molecule has 0 aliphatic heterocycles. The summed E-state index contributed by atoms with van der Waals surface area (Å²) in [5.74, 6) is 0.614. The average molecular weight is 330 g/mol. The molecule has 122 valence electrons. The van der Waals surface area contributed by atoms with Gasteiger partial charge in [-0.15, -0.1) is 11.8 Å². The molecule has 0 radical (unpaired) electrons. The lowest BCUT2D eigenvalue weighted by molar-refractivity contribution is -0.119. The Hall–Kier alpha value is -1.82. The first-order chi connectivity index (χ1) is 11.3. The van der Waals surface area contributed by atoms with E-state index in [1.54, 1.807) is 29.0 Å². The van der Waals surface area contributed by atoms with Crippen LogP contribution in [-0.2, 0) is 11.3 Å². The molecule has 1 aliphatic carbocycles. The smallest absolute Gasteiger partial charge is 0.230 e. The van der Waals surface area contributed by atoms with E-state index in [0.717, 1.165) is 5.56 Å². The maximum absolute atomic E-state index is 12.3. The zero-order valence-corrected chi connectivity index (χ0v) is 13.9. The fourth-order valence-electron chi connectivity index (χ4n) is 2.91. The lowest BCUT2D eigenvalue weighted by Gasteiger charge is -2.19. The predicted molar refractivity (Wildman–Crippen MR) is 92.1 cm³/mol. The summed E-state index contributed by atoms with van der Waals surface area (Å²) in [5, 5.41) is 12.1. The maximum Gasteiger partial charge on any atom is 0.230 e. The van der Waals surface area contributed by atoms with Crippen LogP contribution in [0.15, 0.2) is 42.7 Å². The molecule has 0 saturated heterocycles. The highest BCUT2D eigenvalue weighted by molar-refractivity contribution is 8.00. The molecule has 1 N–H and O–H groups in total. The summed E-state index contributed by atoms with van der Waals surface area (Å²) in [4.78, 5) is 13.9. The van der Waals surface area contributed by atoms with Gasteiger partial charge in [0.1, 0.15) is 0 Å². The Labute approximate surface area is 140 Å². The summed E-state index contributed by atoms with van der Waals surface area (Å²) < 4.78 is 0.